The molecule has 5 nitrogen and oxygen atoms in total. The van der Waals surface area contributed by atoms with E-state index in [0.717, 1.165) is 11.4 Å². The Kier molecular flexibility index (Phi) is 2.38. The second-order valence-corrected chi connectivity index (χ2v) is 3.86. The van der Waals surface area contributed by atoms with E-state index in [1.54, 1.807) is 6.07 Å². The molecule has 1 aromatic carbocycles. The Morgan fingerprint density at radius 2 is 2.12 bits per heavy atom. The first-order valence-electron chi connectivity index (χ1n) is 4.93. The largest absolute Gasteiger partial charge is 0.312 e. The van der Waals surface area contributed by atoms with Crippen LogP contribution in [0.15, 0.2) is 36.5 Å². The van der Waals surface area contributed by atoms with E-state index in [1.807, 2.05) is 35.0 Å². The molecule has 17 heavy (non-hydrogen) atoms. The van der Waals surface area contributed by atoms with Crippen molar-refractivity contribution in [2.24, 2.45) is 0 Å². The number of H-pyrrole nitrogens is 1. The summed E-state index contributed by atoms with van der Waals surface area (Å²) in [6.45, 7) is 0. The number of tetrazole rings is 1. The number of aromatic nitrogens is 5. The van der Waals surface area contributed by atoms with Crippen LogP contribution in [0.3, 0.4) is 0 Å². The Labute approximate surface area is 102 Å². The molecule has 1 radical (unpaired) electrons. The highest BCUT2D eigenvalue weighted by molar-refractivity contribution is 6.30. The molecule has 1 N–H and O–H groups in total. The van der Waals surface area contributed by atoms with E-state index in [-0.39, 0.29) is 0 Å². The first kappa shape index (κ1) is 10.0. The molecule has 3 rings (SSSR count). The lowest BCUT2D eigenvalue weighted by atomic mass is 10.3. The van der Waals surface area contributed by atoms with Gasteiger partial charge in [-0.05, 0) is 34.7 Å². The van der Waals surface area contributed by atoms with Crippen molar-refractivity contribution >= 4 is 11.6 Å². The number of rotatable bonds is 2. The molecule has 0 aliphatic heterocycles. The Bertz CT molecular complexity index is 615. The van der Waals surface area contributed by atoms with Crippen molar-refractivity contribution in [3.63, 3.8) is 0 Å². The molecule has 0 saturated carbocycles. The van der Waals surface area contributed by atoms with Crippen LogP contribution in [-0.2, 0) is 0 Å². The van der Waals surface area contributed by atoms with E-state index in [1.165, 1.54) is 0 Å². The number of nitrogens with one attached hydrogen (secondary N) is 1. The lowest BCUT2D eigenvalue weighted by Crippen LogP contribution is -1.95. The van der Waals surface area contributed by atoms with Gasteiger partial charge in [-0.3, -0.25) is 0 Å². The zero-order valence-corrected chi connectivity index (χ0v) is 9.39. The molecule has 0 atom stereocenters. The molecule has 0 amide bonds. The van der Waals surface area contributed by atoms with Crippen LogP contribution in [0.2, 0.25) is 5.02 Å². The van der Waals surface area contributed by atoms with Crippen molar-refractivity contribution in [1.82, 2.24) is 25.2 Å². The first-order valence-corrected chi connectivity index (χ1v) is 5.31. The highest BCUT2D eigenvalue weighted by atomic mass is 35.5. The third-order valence-corrected chi connectivity index (χ3v) is 2.56. The zero-order valence-electron chi connectivity index (χ0n) is 8.63. The van der Waals surface area contributed by atoms with Gasteiger partial charge in [0.05, 0.1) is 10.7 Å². The van der Waals surface area contributed by atoms with Gasteiger partial charge in [-0.2, -0.15) is 0 Å². The van der Waals surface area contributed by atoms with Crippen LogP contribution in [0.5, 0.6) is 0 Å². The van der Waals surface area contributed by atoms with Gasteiger partial charge in [-0.25, -0.2) is 5.10 Å². The van der Waals surface area contributed by atoms with Crippen molar-refractivity contribution in [3.8, 4) is 17.2 Å². The number of aromatic amines is 1. The minimum Gasteiger partial charge on any atom is -0.312 e. The third-order valence-electron chi connectivity index (χ3n) is 2.35. The van der Waals surface area contributed by atoms with E-state index in [4.69, 9.17) is 11.6 Å². The molecule has 83 valence electrons. The highest BCUT2D eigenvalue weighted by Crippen LogP contribution is 2.25. The maximum absolute atomic E-state index is 6.02. The molecule has 0 bridgehead atoms. The van der Waals surface area contributed by atoms with Crippen LogP contribution >= 0.6 is 11.6 Å². The minimum absolute atomic E-state index is 0.574. The standard InChI is InChI=1S/C11H7ClN5/c12-8-6-10(11-13-15-16-14-11)17(7-8)9-4-2-1-3-5-9/h2-7H,(H,13,14,15,16). The predicted octanol–water partition coefficient (Wildman–Crippen LogP) is 2.11. The van der Waals surface area contributed by atoms with Crippen LogP contribution in [0.25, 0.3) is 17.2 Å². The van der Waals surface area contributed by atoms with Gasteiger partial charge in [0.2, 0.25) is 0 Å². The number of hydrogen-bond acceptors (Lipinski definition) is 3. The Balaban J connectivity index is 2.18. The van der Waals surface area contributed by atoms with E-state index >= 15 is 0 Å². The summed E-state index contributed by atoms with van der Waals surface area (Å²) < 4.78 is 1.92. The summed E-state index contributed by atoms with van der Waals surface area (Å²) in [7, 11) is 0. The average Bonchev–Trinajstić information content (AvgIpc) is 2.98. The molecule has 0 unspecified atom stereocenters. The van der Waals surface area contributed by atoms with Gasteiger partial charge in [0.1, 0.15) is 0 Å². The Morgan fingerprint density at radius 1 is 1.29 bits per heavy atom. The zero-order chi connectivity index (χ0) is 11.7. The topological polar surface area (TPSA) is 59.4 Å². The fourth-order valence-electron chi connectivity index (χ4n) is 1.63. The van der Waals surface area contributed by atoms with Crippen molar-refractivity contribution in [1.29, 1.82) is 0 Å². The fourth-order valence-corrected chi connectivity index (χ4v) is 1.83. The molecule has 0 aliphatic carbocycles. The summed E-state index contributed by atoms with van der Waals surface area (Å²) in [5.74, 6) is 0.574. The predicted molar refractivity (Wildman–Crippen MR) is 62.8 cm³/mol. The smallest absolute Gasteiger partial charge is 0.196 e. The molecule has 6 heteroatoms. The van der Waals surface area contributed by atoms with Crippen LogP contribution < -0.4 is 0 Å². The van der Waals surface area contributed by atoms with Crippen molar-refractivity contribution in [3.05, 3.63) is 47.6 Å². The first-order chi connectivity index (χ1) is 8.34. The lowest BCUT2D eigenvalue weighted by molar-refractivity contribution is 0.881. The molecular formula is C11H7ClN5. The van der Waals surface area contributed by atoms with Crippen LogP contribution in [-0.4, -0.2) is 25.2 Å². The molecule has 0 spiro atoms. The molecule has 2 aromatic heterocycles. The van der Waals surface area contributed by atoms with Crippen molar-refractivity contribution in [2.75, 3.05) is 0 Å². The molecule has 2 heterocycles. The van der Waals surface area contributed by atoms with E-state index in [9.17, 15) is 0 Å². The molecular weight excluding hydrogens is 238 g/mol. The Morgan fingerprint density at radius 3 is 2.82 bits per heavy atom. The number of hydrogen-bond donors (Lipinski definition) is 1. The van der Waals surface area contributed by atoms with E-state index < -0.39 is 0 Å². The lowest BCUT2D eigenvalue weighted by Gasteiger charge is -2.05. The number of benzene rings is 1. The van der Waals surface area contributed by atoms with Crippen molar-refractivity contribution < 1.29 is 0 Å². The monoisotopic (exact) mass is 244 g/mol. The second-order valence-electron chi connectivity index (χ2n) is 3.42. The summed E-state index contributed by atoms with van der Waals surface area (Å²) in [4.78, 5) is 0. The summed E-state index contributed by atoms with van der Waals surface area (Å²) in [6.07, 6.45) is 1.81. The SMILES string of the molecule is Clc1cc(-c2nnn[nH]2)n(-c2cc[c]cc2)c1. The van der Waals surface area contributed by atoms with E-state index in [0.29, 0.717) is 10.8 Å². The van der Waals surface area contributed by atoms with Crippen LogP contribution in [0, 0.1) is 6.07 Å². The van der Waals surface area contributed by atoms with Gasteiger partial charge in [-0.1, -0.05) is 23.7 Å². The van der Waals surface area contributed by atoms with Crippen LogP contribution in [0.4, 0.5) is 0 Å². The fraction of sp³-hybridized carbons (Fsp3) is 0. The van der Waals surface area contributed by atoms with Gasteiger partial charge in [0.25, 0.3) is 0 Å². The highest BCUT2D eigenvalue weighted by Gasteiger charge is 2.11. The summed E-state index contributed by atoms with van der Waals surface area (Å²) in [6, 6.07) is 12.3. The third kappa shape index (κ3) is 1.81. The minimum atomic E-state index is 0.574. The molecule has 0 saturated heterocycles. The summed E-state index contributed by atoms with van der Waals surface area (Å²) >= 11 is 6.02. The number of halogens is 1. The number of nitrogens with zero attached hydrogens (tertiary/aromatic N) is 4. The normalized spacial score (nSPS) is 10.6. The van der Waals surface area contributed by atoms with E-state index in [2.05, 4.69) is 26.7 Å². The van der Waals surface area contributed by atoms with Crippen LogP contribution in [0.1, 0.15) is 0 Å². The van der Waals surface area contributed by atoms with Crippen molar-refractivity contribution in [2.45, 2.75) is 0 Å². The van der Waals surface area contributed by atoms with Gasteiger partial charge in [0, 0.05) is 11.9 Å². The Hall–Kier alpha value is -2.14. The molecule has 0 fully saturated rings. The maximum Gasteiger partial charge on any atom is 0.196 e. The van der Waals surface area contributed by atoms with Gasteiger partial charge < -0.3 is 4.57 Å². The average molecular weight is 245 g/mol. The molecule has 0 aliphatic rings. The van der Waals surface area contributed by atoms with Gasteiger partial charge in [0.15, 0.2) is 5.82 Å². The quantitative estimate of drug-likeness (QED) is 0.751. The summed E-state index contributed by atoms with van der Waals surface area (Å²) in [5.41, 5.74) is 1.79. The van der Waals surface area contributed by atoms with Gasteiger partial charge in [-0.15, -0.1) is 5.10 Å². The second kappa shape index (κ2) is 4.03. The van der Waals surface area contributed by atoms with Gasteiger partial charge >= 0.3 is 0 Å². The molecule has 3 aromatic rings. The maximum atomic E-state index is 6.02. The summed E-state index contributed by atoms with van der Waals surface area (Å²) in [5, 5.41) is 14.3.